The molecule has 1 N–H and O–H groups in total. The summed E-state index contributed by atoms with van der Waals surface area (Å²) < 4.78 is 2.03. The standard InChI is InChI=1S/C15H25N3/c1-4-10-16-15(13-8-6-5-7-9-13)14-11-12(2)17-18(14)3/h8,11,15-16H,4-7,9-10H2,1-3H3. The highest BCUT2D eigenvalue weighted by atomic mass is 15.3. The fraction of sp³-hybridized carbons (Fsp3) is 0.667. The van der Waals surface area contributed by atoms with Crippen molar-refractivity contribution in [2.75, 3.05) is 6.54 Å². The molecule has 1 heterocycles. The summed E-state index contributed by atoms with van der Waals surface area (Å²) in [5, 5.41) is 8.16. The summed E-state index contributed by atoms with van der Waals surface area (Å²) in [6.45, 7) is 5.34. The molecule has 0 bridgehead atoms. The van der Waals surface area contributed by atoms with Gasteiger partial charge in [0.05, 0.1) is 17.4 Å². The predicted octanol–water partition coefficient (Wildman–Crippen LogP) is 3.27. The van der Waals surface area contributed by atoms with Gasteiger partial charge in [0.15, 0.2) is 0 Å². The minimum Gasteiger partial charge on any atom is -0.305 e. The van der Waals surface area contributed by atoms with Crippen LogP contribution in [0.4, 0.5) is 0 Å². The highest BCUT2D eigenvalue weighted by Crippen LogP contribution is 2.29. The van der Waals surface area contributed by atoms with Crippen LogP contribution in [-0.2, 0) is 7.05 Å². The molecule has 0 radical (unpaired) electrons. The van der Waals surface area contributed by atoms with E-state index in [1.807, 2.05) is 11.7 Å². The zero-order chi connectivity index (χ0) is 13.0. The number of rotatable bonds is 5. The average Bonchev–Trinajstić information content (AvgIpc) is 2.70. The van der Waals surface area contributed by atoms with Gasteiger partial charge in [0.25, 0.3) is 0 Å². The van der Waals surface area contributed by atoms with Crippen molar-refractivity contribution in [2.24, 2.45) is 7.05 Å². The van der Waals surface area contributed by atoms with Gasteiger partial charge in [-0.2, -0.15) is 5.10 Å². The van der Waals surface area contributed by atoms with E-state index in [-0.39, 0.29) is 0 Å². The first-order chi connectivity index (χ1) is 8.72. The van der Waals surface area contributed by atoms with E-state index in [4.69, 9.17) is 0 Å². The molecule has 1 atom stereocenters. The molecule has 0 fully saturated rings. The molecule has 0 saturated heterocycles. The Morgan fingerprint density at radius 1 is 1.44 bits per heavy atom. The number of aromatic nitrogens is 2. The zero-order valence-electron chi connectivity index (χ0n) is 11.9. The summed E-state index contributed by atoms with van der Waals surface area (Å²) in [4.78, 5) is 0. The molecule has 1 unspecified atom stereocenters. The van der Waals surface area contributed by atoms with E-state index in [9.17, 15) is 0 Å². The third-order valence-corrected chi connectivity index (χ3v) is 3.63. The van der Waals surface area contributed by atoms with Gasteiger partial charge in [0.2, 0.25) is 0 Å². The largest absolute Gasteiger partial charge is 0.305 e. The predicted molar refractivity (Wildman–Crippen MR) is 75.5 cm³/mol. The van der Waals surface area contributed by atoms with E-state index in [1.165, 1.54) is 37.8 Å². The first-order valence-electron chi connectivity index (χ1n) is 7.15. The number of hydrogen-bond acceptors (Lipinski definition) is 2. The molecule has 2 rings (SSSR count). The Morgan fingerprint density at radius 3 is 2.83 bits per heavy atom. The molecule has 1 aromatic rings. The van der Waals surface area contributed by atoms with Crippen molar-refractivity contribution in [2.45, 2.75) is 52.0 Å². The topological polar surface area (TPSA) is 29.9 Å². The highest BCUT2D eigenvalue weighted by molar-refractivity contribution is 5.25. The van der Waals surface area contributed by atoms with E-state index in [0.717, 1.165) is 12.2 Å². The first-order valence-corrected chi connectivity index (χ1v) is 7.15. The van der Waals surface area contributed by atoms with Crippen molar-refractivity contribution >= 4 is 0 Å². The van der Waals surface area contributed by atoms with Crippen LogP contribution >= 0.6 is 0 Å². The second-order valence-electron chi connectivity index (χ2n) is 5.25. The molecule has 1 aliphatic carbocycles. The third-order valence-electron chi connectivity index (χ3n) is 3.63. The van der Waals surface area contributed by atoms with Crippen LogP contribution in [0.1, 0.15) is 56.5 Å². The second kappa shape index (κ2) is 6.19. The van der Waals surface area contributed by atoms with Crippen LogP contribution in [0.5, 0.6) is 0 Å². The Kier molecular flexibility index (Phi) is 4.59. The number of nitrogens with one attached hydrogen (secondary N) is 1. The van der Waals surface area contributed by atoms with Gasteiger partial charge in [-0.05, 0) is 51.6 Å². The van der Waals surface area contributed by atoms with E-state index in [2.05, 4.69) is 36.4 Å². The maximum Gasteiger partial charge on any atom is 0.0707 e. The Morgan fingerprint density at radius 2 is 2.28 bits per heavy atom. The summed E-state index contributed by atoms with van der Waals surface area (Å²) >= 11 is 0. The Labute approximate surface area is 110 Å². The van der Waals surface area contributed by atoms with Crippen molar-refractivity contribution in [3.63, 3.8) is 0 Å². The van der Waals surface area contributed by atoms with E-state index >= 15 is 0 Å². The molecule has 1 aromatic heterocycles. The molecule has 0 aliphatic heterocycles. The lowest BCUT2D eigenvalue weighted by Gasteiger charge is -2.24. The lowest BCUT2D eigenvalue weighted by molar-refractivity contribution is 0.515. The van der Waals surface area contributed by atoms with E-state index in [1.54, 1.807) is 5.57 Å². The molecule has 0 aromatic carbocycles. The summed E-state index contributed by atoms with van der Waals surface area (Å²) in [6.07, 6.45) is 8.73. The van der Waals surface area contributed by atoms with Gasteiger partial charge in [-0.3, -0.25) is 4.68 Å². The molecule has 0 saturated carbocycles. The summed E-state index contributed by atoms with van der Waals surface area (Å²) in [7, 11) is 2.05. The van der Waals surface area contributed by atoms with E-state index < -0.39 is 0 Å². The van der Waals surface area contributed by atoms with Gasteiger partial charge in [0, 0.05) is 7.05 Å². The van der Waals surface area contributed by atoms with E-state index in [0.29, 0.717) is 6.04 Å². The van der Waals surface area contributed by atoms with Crippen LogP contribution in [0.25, 0.3) is 0 Å². The van der Waals surface area contributed by atoms with Crippen LogP contribution in [-0.4, -0.2) is 16.3 Å². The molecule has 3 nitrogen and oxygen atoms in total. The molecular formula is C15H25N3. The minimum atomic E-state index is 0.358. The molecule has 1 aliphatic rings. The van der Waals surface area contributed by atoms with Gasteiger partial charge in [-0.15, -0.1) is 0 Å². The average molecular weight is 247 g/mol. The van der Waals surface area contributed by atoms with Crippen LogP contribution in [0.3, 0.4) is 0 Å². The quantitative estimate of drug-likeness (QED) is 0.809. The van der Waals surface area contributed by atoms with Gasteiger partial charge in [0.1, 0.15) is 0 Å². The van der Waals surface area contributed by atoms with Crippen LogP contribution in [0.2, 0.25) is 0 Å². The number of hydrogen-bond donors (Lipinski definition) is 1. The van der Waals surface area contributed by atoms with Gasteiger partial charge in [-0.1, -0.05) is 18.6 Å². The van der Waals surface area contributed by atoms with Crippen LogP contribution in [0, 0.1) is 6.92 Å². The second-order valence-corrected chi connectivity index (χ2v) is 5.25. The fourth-order valence-electron chi connectivity index (χ4n) is 2.74. The highest BCUT2D eigenvalue weighted by Gasteiger charge is 2.20. The summed E-state index contributed by atoms with van der Waals surface area (Å²) in [5.41, 5.74) is 3.96. The van der Waals surface area contributed by atoms with Gasteiger partial charge < -0.3 is 5.32 Å². The molecule has 18 heavy (non-hydrogen) atoms. The Hall–Kier alpha value is -1.09. The Bertz CT molecular complexity index is 417. The molecule has 100 valence electrons. The maximum atomic E-state index is 4.48. The van der Waals surface area contributed by atoms with Gasteiger partial charge in [-0.25, -0.2) is 0 Å². The van der Waals surface area contributed by atoms with Crippen molar-refractivity contribution in [1.82, 2.24) is 15.1 Å². The smallest absolute Gasteiger partial charge is 0.0707 e. The number of aryl methyl sites for hydroxylation is 2. The normalized spacial score (nSPS) is 17.6. The molecular weight excluding hydrogens is 222 g/mol. The van der Waals surface area contributed by atoms with Crippen molar-refractivity contribution in [3.05, 3.63) is 29.1 Å². The molecule has 0 amide bonds. The molecule has 0 spiro atoms. The van der Waals surface area contributed by atoms with Gasteiger partial charge >= 0.3 is 0 Å². The number of allylic oxidation sites excluding steroid dienone is 1. The van der Waals surface area contributed by atoms with Crippen molar-refractivity contribution in [3.8, 4) is 0 Å². The summed E-state index contributed by atoms with van der Waals surface area (Å²) in [6, 6.07) is 2.57. The molecule has 3 heteroatoms. The van der Waals surface area contributed by atoms with Crippen LogP contribution < -0.4 is 5.32 Å². The maximum absolute atomic E-state index is 4.48. The summed E-state index contributed by atoms with van der Waals surface area (Å²) in [5.74, 6) is 0. The van der Waals surface area contributed by atoms with Crippen molar-refractivity contribution < 1.29 is 0 Å². The Balaban J connectivity index is 2.23. The minimum absolute atomic E-state index is 0.358. The third kappa shape index (κ3) is 3.02. The van der Waals surface area contributed by atoms with Crippen molar-refractivity contribution in [1.29, 1.82) is 0 Å². The first kappa shape index (κ1) is 13.3. The SMILES string of the molecule is CCCNC(C1=CCCCC1)c1cc(C)nn1C. The monoisotopic (exact) mass is 247 g/mol. The van der Waals surface area contributed by atoms with Crippen LogP contribution in [0.15, 0.2) is 17.7 Å². The lowest BCUT2D eigenvalue weighted by atomic mass is 9.92. The fourth-order valence-corrected chi connectivity index (χ4v) is 2.74. The lowest BCUT2D eigenvalue weighted by Crippen LogP contribution is -2.26. The zero-order valence-corrected chi connectivity index (χ0v) is 11.9. The number of nitrogens with zero attached hydrogens (tertiary/aromatic N) is 2.